The highest BCUT2D eigenvalue weighted by atomic mass is 16.4. The molecule has 1 amide bonds. The summed E-state index contributed by atoms with van der Waals surface area (Å²) in [5.74, 6) is -0.860. The molecule has 2 aromatic rings. The van der Waals surface area contributed by atoms with Crippen LogP contribution in [0.5, 0.6) is 0 Å². The molecule has 3 rings (SSSR count). The molecule has 0 unspecified atom stereocenters. The molecule has 7 heteroatoms. The highest BCUT2D eigenvalue weighted by molar-refractivity contribution is 5.92. The van der Waals surface area contributed by atoms with Crippen LogP contribution < -0.4 is 11.0 Å². The van der Waals surface area contributed by atoms with Crippen LogP contribution in [0.2, 0.25) is 0 Å². The number of hydrogen-bond donors (Lipinski definition) is 3. The van der Waals surface area contributed by atoms with Gasteiger partial charge in [0.1, 0.15) is 0 Å². The third-order valence-corrected chi connectivity index (χ3v) is 3.60. The number of H-pyrrole nitrogens is 1. The Hall–Kier alpha value is -2.57. The second-order valence-electron chi connectivity index (χ2n) is 5.18. The fraction of sp³-hybridized carbons (Fsp3) is 0.357. The van der Waals surface area contributed by atoms with Gasteiger partial charge >= 0.3 is 11.7 Å². The Labute approximate surface area is 119 Å². The third-order valence-electron chi connectivity index (χ3n) is 3.60. The van der Waals surface area contributed by atoms with Gasteiger partial charge in [0.15, 0.2) is 0 Å². The van der Waals surface area contributed by atoms with Crippen LogP contribution in [0.3, 0.4) is 0 Å². The van der Waals surface area contributed by atoms with E-state index in [0.717, 1.165) is 12.8 Å². The summed E-state index contributed by atoms with van der Waals surface area (Å²) in [6, 6.07) is 4.48. The molecular weight excluding hydrogens is 274 g/mol. The molecule has 0 saturated heterocycles. The molecule has 1 aliphatic rings. The smallest absolute Gasteiger partial charge is 0.335 e. The minimum atomic E-state index is -1.04. The number of benzene rings is 1. The van der Waals surface area contributed by atoms with Gasteiger partial charge in [-0.1, -0.05) is 0 Å². The Balaban J connectivity index is 1.78. The summed E-state index contributed by atoms with van der Waals surface area (Å²) < 4.78 is 1.49. The van der Waals surface area contributed by atoms with E-state index in [0.29, 0.717) is 24.1 Å². The number of nitrogens with zero attached hydrogens (tertiary/aromatic N) is 1. The quantitative estimate of drug-likeness (QED) is 0.747. The molecule has 1 heterocycles. The number of fused-ring (bicyclic) bond motifs is 1. The number of carboxylic acids is 1. The normalized spacial score (nSPS) is 14.3. The molecule has 0 bridgehead atoms. The Morgan fingerprint density at radius 1 is 1.38 bits per heavy atom. The number of carbonyl (C=O) groups is 2. The van der Waals surface area contributed by atoms with E-state index in [4.69, 9.17) is 5.11 Å². The molecule has 0 radical (unpaired) electrons. The fourth-order valence-corrected chi connectivity index (χ4v) is 2.30. The Morgan fingerprint density at radius 3 is 2.81 bits per heavy atom. The van der Waals surface area contributed by atoms with Crippen LogP contribution in [0.4, 0.5) is 0 Å². The van der Waals surface area contributed by atoms with Gasteiger partial charge in [-0.2, -0.15) is 0 Å². The van der Waals surface area contributed by atoms with Gasteiger partial charge in [0, 0.05) is 19.0 Å². The maximum atomic E-state index is 11.9. The van der Waals surface area contributed by atoms with E-state index in [2.05, 4.69) is 10.3 Å². The lowest BCUT2D eigenvalue weighted by Gasteiger charge is -2.05. The highest BCUT2D eigenvalue weighted by Gasteiger charge is 2.29. The summed E-state index contributed by atoms with van der Waals surface area (Å²) in [5, 5.41) is 11.7. The Bertz CT molecular complexity index is 770. The van der Waals surface area contributed by atoms with Crippen molar-refractivity contribution in [1.29, 1.82) is 0 Å². The van der Waals surface area contributed by atoms with Gasteiger partial charge in [0.2, 0.25) is 5.91 Å². The molecule has 0 spiro atoms. The number of aromatic amines is 1. The maximum Gasteiger partial charge on any atom is 0.335 e. The summed E-state index contributed by atoms with van der Waals surface area (Å²) in [5.41, 5.74) is 0.922. The lowest BCUT2D eigenvalue weighted by molar-refractivity contribution is -0.122. The van der Waals surface area contributed by atoms with E-state index < -0.39 is 5.97 Å². The van der Waals surface area contributed by atoms with E-state index in [-0.39, 0.29) is 23.1 Å². The van der Waals surface area contributed by atoms with Gasteiger partial charge in [0.25, 0.3) is 0 Å². The molecule has 1 aliphatic carbocycles. The van der Waals surface area contributed by atoms with Crippen LogP contribution in [0.1, 0.15) is 23.2 Å². The van der Waals surface area contributed by atoms with Crippen LogP contribution in [-0.4, -0.2) is 33.1 Å². The Kier molecular flexibility index (Phi) is 3.25. The average Bonchev–Trinajstić information content (AvgIpc) is 3.24. The zero-order valence-corrected chi connectivity index (χ0v) is 11.3. The predicted molar refractivity (Wildman–Crippen MR) is 75.3 cm³/mol. The number of carbonyl (C=O) groups excluding carboxylic acids is 1. The first-order valence-electron chi connectivity index (χ1n) is 6.80. The number of aromatic carboxylic acids is 1. The number of aromatic nitrogens is 2. The second-order valence-corrected chi connectivity index (χ2v) is 5.18. The molecule has 1 aromatic heterocycles. The standard InChI is InChI=1S/C14H15N3O4/c18-12(8-1-2-8)15-5-6-17-11-4-3-9(13(19)20)7-10(11)16-14(17)21/h3-4,7-8H,1-2,5-6H2,(H,15,18)(H,16,21)(H,19,20). The van der Waals surface area contributed by atoms with Crippen molar-refractivity contribution in [2.75, 3.05) is 6.54 Å². The number of nitrogens with one attached hydrogen (secondary N) is 2. The zero-order valence-electron chi connectivity index (χ0n) is 11.3. The molecule has 1 fully saturated rings. The van der Waals surface area contributed by atoms with E-state index >= 15 is 0 Å². The van der Waals surface area contributed by atoms with E-state index in [9.17, 15) is 14.4 Å². The third kappa shape index (κ3) is 2.67. The zero-order chi connectivity index (χ0) is 15.0. The van der Waals surface area contributed by atoms with E-state index in [1.54, 1.807) is 6.07 Å². The summed E-state index contributed by atoms with van der Waals surface area (Å²) >= 11 is 0. The SMILES string of the molecule is O=C(O)c1ccc2c(c1)[nH]c(=O)n2CCNC(=O)C1CC1. The van der Waals surface area contributed by atoms with Crippen molar-refractivity contribution in [3.8, 4) is 0 Å². The minimum absolute atomic E-state index is 0.0380. The number of rotatable bonds is 5. The van der Waals surface area contributed by atoms with Crippen LogP contribution >= 0.6 is 0 Å². The van der Waals surface area contributed by atoms with Crippen molar-refractivity contribution >= 4 is 22.9 Å². The van der Waals surface area contributed by atoms with Crippen molar-refractivity contribution in [2.45, 2.75) is 19.4 Å². The van der Waals surface area contributed by atoms with Crippen LogP contribution in [0.15, 0.2) is 23.0 Å². The molecule has 110 valence electrons. The molecule has 21 heavy (non-hydrogen) atoms. The van der Waals surface area contributed by atoms with E-state index in [1.165, 1.54) is 16.7 Å². The molecular formula is C14H15N3O4. The minimum Gasteiger partial charge on any atom is -0.478 e. The molecule has 0 atom stereocenters. The van der Waals surface area contributed by atoms with Crippen molar-refractivity contribution < 1.29 is 14.7 Å². The van der Waals surface area contributed by atoms with E-state index in [1.807, 2.05) is 0 Å². The largest absolute Gasteiger partial charge is 0.478 e. The first kappa shape index (κ1) is 13.4. The van der Waals surface area contributed by atoms with Crippen LogP contribution in [0.25, 0.3) is 11.0 Å². The van der Waals surface area contributed by atoms with Crippen molar-refractivity contribution in [1.82, 2.24) is 14.9 Å². The Morgan fingerprint density at radius 2 is 2.14 bits per heavy atom. The molecule has 1 saturated carbocycles. The molecule has 0 aliphatic heterocycles. The average molecular weight is 289 g/mol. The molecule has 3 N–H and O–H groups in total. The number of amides is 1. The van der Waals surface area contributed by atoms with Gasteiger partial charge in [-0.25, -0.2) is 9.59 Å². The molecule has 1 aromatic carbocycles. The number of carboxylic acid groups (broad SMARTS) is 1. The van der Waals surface area contributed by atoms with Crippen LogP contribution in [0, 0.1) is 5.92 Å². The highest BCUT2D eigenvalue weighted by Crippen LogP contribution is 2.28. The lowest BCUT2D eigenvalue weighted by Crippen LogP contribution is -2.30. The van der Waals surface area contributed by atoms with Gasteiger partial charge in [-0.05, 0) is 31.0 Å². The first-order valence-corrected chi connectivity index (χ1v) is 6.80. The van der Waals surface area contributed by atoms with Crippen molar-refractivity contribution in [2.24, 2.45) is 5.92 Å². The number of imidazole rings is 1. The van der Waals surface area contributed by atoms with Crippen molar-refractivity contribution in [3.05, 3.63) is 34.2 Å². The lowest BCUT2D eigenvalue weighted by atomic mass is 10.2. The fourth-order valence-electron chi connectivity index (χ4n) is 2.30. The monoisotopic (exact) mass is 289 g/mol. The predicted octanol–water partition coefficient (Wildman–Crippen LogP) is 0.554. The first-order chi connectivity index (χ1) is 10.1. The van der Waals surface area contributed by atoms with Crippen molar-refractivity contribution in [3.63, 3.8) is 0 Å². The van der Waals surface area contributed by atoms with Gasteiger partial charge < -0.3 is 15.4 Å². The second kappa shape index (κ2) is 5.08. The maximum absolute atomic E-state index is 11.9. The van der Waals surface area contributed by atoms with Gasteiger partial charge in [0.05, 0.1) is 16.6 Å². The topological polar surface area (TPSA) is 104 Å². The van der Waals surface area contributed by atoms with Gasteiger partial charge in [-0.3, -0.25) is 9.36 Å². The van der Waals surface area contributed by atoms with Crippen LogP contribution in [-0.2, 0) is 11.3 Å². The molecule has 7 nitrogen and oxygen atoms in total. The number of hydrogen-bond acceptors (Lipinski definition) is 3. The summed E-state index contributed by atoms with van der Waals surface area (Å²) in [4.78, 5) is 37.0. The summed E-state index contributed by atoms with van der Waals surface area (Å²) in [7, 11) is 0. The van der Waals surface area contributed by atoms with Gasteiger partial charge in [-0.15, -0.1) is 0 Å². The summed E-state index contributed by atoms with van der Waals surface area (Å²) in [6.07, 6.45) is 1.88. The summed E-state index contributed by atoms with van der Waals surface area (Å²) in [6.45, 7) is 0.729.